The van der Waals surface area contributed by atoms with Crippen molar-refractivity contribution in [2.24, 2.45) is 5.92 Å². The normalized spacial score (nSPS) is 16.9. The maximum absolute atomic E-state index is 12.9. The largest absolute Gasteiger partial charge is 0.482 e. The molecule has 0 aromatic heterocycles. The zero-order valence-electron chi connectivity index (χ0n) is 16.4. The molecule has 0 radical (unpaired) electrons. The lowest BCUT2D eigenvalue weighted by atomic mass is 9.88. The first-order chi connectivity index (χ1) is 14.7. The van der Waals surface area contributed by atoms with E-state index in [0.29, 0.717) is 42.9 Å². The number of Topliss-reactive ketones (excluding diaryl/α,β-unsaturated/α-hetero) is 1. The average molecular weight is 432 g/mol. The molecule has 31 heavy (non-hydrogen) atoms. The fraction of sp³-hybridized carbons (Fsp3) is 0.318. The molecule has 1 N–H and O–H groups in total. The third-order valence-corrected chi connectivity index (χ3v) is 5.51. The molecule has 1 fully saturated rings. The van der Waals surface area contributed by atoms with Crippen LogP contribution in [-0.4, -0.2) is 42.2 Å². The Bertz CT molecular complexity index is 1030. The van der Waals surface area contributed by atoms with E-state index in [-0.39, 0.29) is 35.7 Å². The van der Waals surface area contributed by atoms with Gasteiger partial charge < -0.3 is 15.0 Å². The molecule has 2 aromatic carbocycles. The quantitative estimate of drug-likeness (QED) is 0.750. The van der Waals surface area contributed by atoms with E-state index < -0.39 is 11.7 Å². The second-order valence-corrected chi connectivity index (χ2v) is 7.55. The minimum atomic E-state index is -4.45. The number of nitrogens with zero attached hydrogens (tertiary/aromatic N) is 1. The first-order valence-electron chi connectivity index (χ1n) is 9.80. The molecule has 0 aliphatic carbocycles. The van der Waals surface area contributed by atoms with Gasteiger partial charge in [0.2, 0.25) is 0 Å². The summed E-state index contributed by atoms with van der Waals surface area (Å²) in [6.45, 7) is 0.605. The van der Waals surface area contributed by atoms with Crippen molar-refractivity contribution in [2.45, 2.75) is 19.0 Å². The number of anilines is 1. The Morgan fingerprint density at radius 1 is 1.00 bits per heavy atom. The molecular formula is C22H19F3N2O4. The highest BCUT2D eigenvalue weighted by atomic mass is 19.4. The van der Waals surface area contributed by atoms with Gasteiger partial charge in [0.15, 0.2) is 12.4 Å². The molecule has 1 saturated heterocycles. The molecule has 2 heterocycles. The number of halogens is 3. The van der Waals surface area contributed by atoms with Gasteiger partial charge in [0, 0.05) is 30.1 Å². The number of ether oxygens (including phenoxy) is 1. The van der Waals surface area contributed by atoms with Crippen molar-refractivity contribution < 1.29 is 32.3 Å². The maximum atomic E-state index is 12.9. The van der Waals surface area contributed by atoms with Crippen LogP contribution in [-0.2, 0) is 11.0 Å². The van der Waals surface area contributed by atoms with Crippen LogP contribution in [0.25, 0.3) is 0 Å². The SMILES string of the molecule is O=C1COc2ccc(C(=O)C3CCN(C(=O)c4ccc(C(F)(F)F)cc4)CC3)cc2N1. The third kappa shape index (κ3) is 4.40. The lowest BCUT2D eigenvalue weighted by molar-refractivity contribution is -0.137. The summed E-state index contributed by atoms with van der Waals surface area (Å²) in [6.07, 6.45) is -3.55. The number of hydrogen-bond donors (Lipinski definition) is 1. The Morgan fingerprint density at radius 2 is 1.65 bits per heavy atom. The van der Waals surface area contributed by atoms with Gasteiger partial charge in [0.1, 0.15) is 5.75 Å². The number of carbonyl (C=O) groups excluding carboxylic acids is 3. The van der Waals surface area contributed by atoms with Crippen molar-refractivity contribution in [3.63, 3.8) is 0 Å². The summed E-state index contributed by atoms with van der Waals surface area (Å²) < 4.78 is 43.4. The van der Waals surface area contributed by atoms with Gasteiger partial charge in [-0.3, -0.25) is 14.4 Å². The topological polar surface area (TPSA) is 75.7 Å². The number of carbonyl (C=O) groups is 3. The smallest absolute Gasteiger partial charge is 0.416 e. The van der Waals surface area contributed by atoms with E-state index in [2.05, 4.69) is 5.32 Å². The van der Waals surface area contributed by atoms with Gasteiger partial charge in [0.25, 0.3) is 11.8 Å². The standard InChI is InChI=1S/C22H19F3N2O4/c23-22(24,25)16-4-1-14(2-5-16)21(30)27-9-7-13(8-10-27)20(29)15-3-6-18-17(11-15)26-19(28)12-31-18/h1-6,11,13H,7-10,12H2,(H,26,28). The summed E-state index contributed by atoms with van der Waals surface area (Å²) in [5.41, 5.74) is 0.289. The Hall–Kier alpha value is -3.36. The molecule has 2 aromatic rings. The highest BCUT2D eigenvalue weighted by molar-refractivity contribution is 6.02. The number of benzene rings is 2. The second kappa shape index (κ2) is 8.05. The second-order valence-electron chi connectivity index (χ2n) is 7.55. The van der Waals surface area contributed by atoms with Crippen LogP contribution in [0.4, 0.5) is 18.9 Å². The summed E-state index contributed by atoms with van der Waals surface area (Å²) in [5.74, 6) is -0.493. The molecule has 4 rings (SSSR count). The van der Waals surface area contributed by atoms with E-state index in [1.807, 2.05) is 0 Å². The molecule has 6 nitrogen and oxygen atoms in total. The lowest BCUT2D eigenvalue weighted by Crippen LogP contribution is -2.40. The molecule has 0 atom stereocenters. The highest BCUT2D eigenvalue weighted by Gasteiger charge is 2.32. The van der Waals surface area contributed by atoms with Gasteiger partial charge in [-0.1, -0.05) is 0 Å². The van der Waals surface area contributed by atoms with Crippen LogP contribution in [0.3, 0.4) is 0 Å². The summed E-state index contributed by atoms with van der Waals surface area (Å²) in [7, 11) is 0. The van der Waals surface area contributed by atoms with Crippen molar-refractivity contribution >= 4 is 23.3 Å². The number of nitrogens with one attached hydrogen (secondary N) is 1. The van der Waals surface area contributed by atoms with Gasteiger partial charge in [-0.25, -0.2) is 0 Å². The fourth-order valence-electron chi connectivity index (χ4n) is 3.80. The maximum Gasteiger partial charge on any atom is 0.416 e. The molecule has 0 spiro atoms. The van der Waals surface area contributed by atoms with Gasteiger partial charge in [-0.2, -0.15) is 13.2 Å². The van der Waals surface area contributed by atoms with Gasteiger partial charge in [-0.15, -0.1) is 0 Å². The highest BCUT2D eigenvalue weighted by Crippen LogP contribution is 2.32. The van der Waals surface area contributed by atoms with Crippen molar-refractivity contribution in [3.05, 3.63) is 59.2 Å². The van der Waals surface area contributed by atoms with Gasteiger partial charge in [-0.05, 0) is 55.3 Å². The summed E-state index contributed by atoms with van der Waals surface area (Å²) in [4.78, 5) is 38.5. The average Bonchev–Trinajstić information content (AvgIpc) is 2.77. The van der Waals surface area contributed by atoms with E-state index in [0.717, 1.165) is 12.1 Å². The van der Waals surface area contributed by atoms with E-state index >= 15 is 0 Å². The Labute approximate surface area is 176 Å². The Kier molecular flexibility index (Phi) is 5.43. The predicted octanol–water partition coefficient (Wildman–Crippen LogP) is 3.77. The van der Waals surface area contributed by atoms with Crippen LogP contribution in [0.5, 0.6) is 5.75 Å². The molecule has 2 amide bonds. The Morgan fingerprint density at radius 3 is 2.29 bits per heavy atom. The minimum Gasteiger partial charge on any atom is -0.482 e. The van der Waals surface area contributed by atoms with Crippen LogP contribution < -0.4 is 10.1 Å². The molecule has 162 valence electrons. The number of likely N-dealkylation sites (tertiary alicyclic amines) is 1. The monoisotopic (exact) mass is 432 g/mol. The molecular weight excluding hydrogens is 413 g/mol. The fourth-order valence-corrected chi connectivity index (χ4v) is 3.80. The number of ketones is 1. The molecule has 0 saturated carbocycles. The van der Waals surface area contributed by atoms with Crippen molar-refractivity contribution in [2.75, 3.05) is 25.0 Å². The van der Waals surface area contributed by atoms with E-state index in [4.69, 9.17) is 4.74 Å². The third-order valence-electron chi connectivity index (χ3n) is 5.51. The van der Waals surface area contributed by atoms with E-state index in [1.54, 1.807) is 23.1 Å². The Balaban J connectivity index is 1.38. The molecule has 2 aliphatic heterocycles. The molecule has 9 heteroatoms. The summed E-state index contributed by atoms with van der Waals surface area (Å²) in [6, 6.07) is 9.01. The van der Waals surface area contributed by atoms with Crippen LogP contribution in [0.15, 0.2) is 42.5 Å². The molecule has 2 aliphatic rings. The van der Waals surface area contributed by atoms with Gasteiger partial charge >= 0.3 is 6.18 Å². The van der Waals surface area contributed by atoms with Gasteiger partial charge in [0.05, 0.1) is 11.3 Å². The van der Waals surface area contributed by atoms with Crippen molar-refractivity contribution in [1.29, 1.82) is 0 Å². The lowest BCUT2D eigenvalue weighted by Gasteiger charge is -2.31. The first kappa shape index (κ1) is 20.9. The van der Waals surface area contributed by atoms with Crippen LogP contribution in [0, 0.1) is 5.92 Å². The zero-order valence-corrected chi connectivity index (χ0v) is 16.4. The number of hydrogen-bond acceptors (Lipinski definition) is 4. The predicted molar refractivity (Wildman–Crippen MR) is 105 cm³/mol. The molecule has 0 bridgehead atoms. The number of fused-ring (bicyclic) bond motifs is 1. The number of alkyl halides is 3. The van der Waals surface area contributed by atoms with E-state index in [1.165, 1.54) is 12.1 Å². The van der Waals surface area contributed by atoms with Crippen LogP contribution >= 0.6 is 0 Å². The molecule has 0 unspecified atom stereocenters. The van der Waals surface area contributed by atoms with E-state index in [9.17, 15) is 27.6 Å². The number of piperidine rings is 1. The summed E-state index contributed by atoms with van der Waals surface area (Å²) >= 11 is 0. The number of amides is 2. The summed E-state index contributed by atoms with van der Waals surface area (Å²) in [5, 5.41) is 2.67. The van der Waals surface area contributed by atoms with Crippen molar-refractivity contribution in [3.8, 4) is 5.75 Å². The first-order valence-corrected chi connectivity index (χ1v) is 9.80. The van der Waals surface area contributed by atoms with Crippen molar-refractivity contribution in [1.82, 2.24) is 4.90 Å². The van der Waals surface area contributed by atoms with Crippen LogP contribution in [0.1, 0.15) is 39.1 Å². The van der Waals surface area contributed by atoms with Crippen LogP contribution in [0.2, 0.25) is 0 Å². The minimum absolute atomic E-state index is 0.0638. The number of rotatable bonds is 3. The zero-order chi connectivity index (χ0) is 22.2.